The summed E-state index contributed by atoms with van der Waals surface area (Å²) in [7, 11) is -3.51. The van der Waals surface area contributed by atoms with Gasteiger partial charge in [-0.2, -0.15) is 0 Å². The number of carbonyl (C=O) groups excluding carboxylic acids is 1. The molecule has 3 aromatic rings. The van der Waals surface area contributed by atoms with Crippen LogP contribution in [0.2, 0.25) is 10.0 Å². The summed E-state index contributed by atoms with van der Waals surface area (Å²) >= 11 is 12.1. The zero-order chi connectivity index (χ0) is 18.8. The number of rotatable bonds is 2. The van der Waals surface area contributed by atoms with Gasteiger partial charge >= 0.3 is 0 Å². The van der Waals surface area contributed by atoms with E-state index in [1.54, 1.807) is 0 Å². The van der Waals surface area contributed by atoms with Crippen LogP contribution in [0.5, 0.6) is 0 Å². The summed E-state index contributed by atoms with van der Waals surface area (Å²) in [5.41, 5.74) is 0.415. The number of ketones is 1. The van der Waals surface area contributed by atoms with Crippen molar-refractivity contribution in [3.05, 3.63) is 62.1 Å². The van der Waals surface area contributed by atoms with Crippen molar-refractivity contribution in [2.75, 3.05) is 11.0 Å². The zero-order valence-corrected chi connectivity index (χ0v) is 15.4. The van der Waals surface area contributed by atoms with Crippen molar-refractivity contribution in [2.24, 2.45) is 0 Å². The average Bonchev–Trinajstić information content (AvgIpc) is 2.78. The summed E-state index contributed by atoms with van der Waals surface area (Å²) in [6.07, 6.45) is 1.00. The van der Waals surface area contributed by atoms with E-state index in [9.17, 15) is 18.0 Å². The summed E-state index contributed by atoms with van der Waals surface area (Å²) in [4.78, 5) is 29.9. The minimum Gasteiger partial charge on any atom is -0.285 e. The minimum atomic E-state index is -3.51. The maximum atomic E-state index is 12.9. The second-order valence-corrected chi connectivity index (χ2v) is 8.39. The van der Waals surface area contributed by atoms with Crippen molar-refractivity contribution in [3.8, 4) is 5.69 Å². The van der Waals surface area contributed by atoms with Gasteiger partial charge in [0.2, 0.25) is 15.8 Å². The van der Waals surface area contributed by atoms with E-state index in [1.165, 1.54) is 34.9 Å². The van der Waals surface area contributed by atoms with Gasteiger partial charge in [-0.1, -0.05) is 23.2 Å². The standard InChI is InChI=1S/C16H9Cl2N3O4S/c1-26(24,25)20-8-2-3-12-9(6-8)14(22)15-19-11-5-7(17)4-10(18)13(11)16(23)21(12)15/h2-6,20H,1H3. The van der Waals surface area contributed by atoms with E-state index in [4.69, 9.17) is 23.2 Å². The number of halogens is 2. The van der Waals surface area contributed by atoms with E-state index in [0.29, 0.717) is 10.7 Å². The van der Waals surface area contributed by atoms with Crippen LogP contribution in [0.3, 0.4) is 0 Å². The van der Waals surface area contributed by atoms with Crippen LogP contribution in [0.1, 0.15) is 16.2 Å². The molecule has 0 saturated carbocycles. The molecule has 4 rings (SSSR count). The van der Waals surface area contributed by atoms with E-state index < -0.39 is 21.4 Å². The van der Waals surface area contributed by atoms with E-state index in [1.807, 2.05) is 0 Å². The van der Waals surface area contributed by atoms with Crippen LogP contribution >= 0.6 is 23.2 Å². The number of nitrogens with zero attached hydrogens (tertiary/aromatic N) is 2. The van der Waals surface area contributed by atoms with Gasteiger partial charge in [-0.25, -0.2) is 13.4 Å². The highest BCUT2D eigenvalue weighted by Gasteiger charge is 2.31. The van der Waals surface area contributed by atoms with Gasteiger partial charge in [0.05, 0.1) is 33.4 Å². The van der Waals surface area contributed by atoms with Crippen molar-refractivity contribution in [1.82, 2.24) is 9.55 Å². The predicted molar refractivity (Wildman–Crippen MR) is 99.3 cm³/mol. The van der Waals surface area contributed by atoms with Crippen LogP contribution < -0.4 is 10.3 Å². The Morgan fingerprint density at radius 1 is 1.12 bits per heavy atom. The number of carbonyl (C=O) groups is 1. The molecule has 0 amide bonds. The van der Waals surface area contributed by atoms with Gasteiger partial charge in [0.1, 0.15) is 0 Å². The Morgan fingerprint density at radius 2 is 1.85 bits per heavy atom. The van der Waals surface area contributed by atoms with E-state index in [2.05, 4.69) is 9.71 Å². The molecule has 0 bridgehead atoms. The number of hydrogen-bond acceptors (Lipinski definition) is 5. The first-order valence-corrected chi connectivity index (χ1v) is 9.89. The van der Waals surface area contributed by atoms with Crippen molar-refractivity contribution >= 4 is 55.6 Å². The number of fused-ring (bicyclic) bond motifs is 4. The molecule has 10 heteroatoms. The van der Waals surface area contributed by atoms with Gasteiger partial charge in [0.25, 0.3) is 5.56 Å². The van der Waals surface area contributed by atoms with Crippen molar-refractivity contribution in [3.63, 3.8) is 0 Å². The minimum absolute atomic E-state index is 0.0765. The van der Waals surface area contributed by atoms with Gasteiger partial charge in [0, 0.05) is 10.7 Å². The largest absolute Gasteiger partial charge is 0.285 e. The van der Waals surface area contributed by atoms with Crippen LogP contribution in [0.4, 0.5) is 5.69 Å². The Hall–Kier alpha value is -2.42. The average molecular weight is 410 g/mol. The summed E-state index contributed by atoms with van der Waals surface area (Å²) in [6.45, 7) is 0. The van der Waals surface area contributed by atoms with Gasteiger partial charge in [0.15, 0.2) is 5.82 Å². The number of anilines is 1. The maximum absolute atomic E-state index is 12.9. The van der Waals surface area contributed by atoms with Gasteiger partial charge < -0.3 is 0 Å². The first-order chi connectivity index (χ1) is 12.2. The lowest BCUT2D eigenvalue weighted by atomic mass is 10.1. The molecule has 0 spiro atoms. The molecule has 0 atom stereocenters. The molecule has 2 aromatic carbocycles. The Morgan fingerprint density at radius 3 is 2.54 bits per heavy atom. The Bertz CT molecular complexity index is 1300. The summed E-state index contributed by atoms with van der Waals surface area (Å²) in [6, 6.07) is 7.20. The molecule has 0 aliphatic carbocycles. The third-order valence-corrected chi connectivity index (χ3v) is 5.00. The van der Waals surface area contributed by atoms with Gasteiger partial charge in [-0.05, 0) is 30.3 Å². The summed E-state index contributed by atoms with van der Waals surface area (Å²) in [5, 5.41) is 0.581. The molecule has 132 valence electrons. The lowest BCUT2D eigenvalue weighted by molar-refractivity contribution is 0.103. The molecule has 0 fully saturated rings. The number of hydrogen-bond donors (Lipinski definition) is 1. The first-order valence-electron chi connectivity index (χ1n) is 7.24. The van der Waals surface area contributed by atoms with Crippen molar-refractivity contribution < 1.29 is 13.2 Å². The molecular weight excluding hydrogens is 401 g/mol. The fraction of sp³-hybridized carbons (Fsp3) is 0.0625. The van der Waals surface area contributed by atoms with Gasteiger partial charge in [-0.3, -0.25) is 18.9 Å². The third kappa shape index (κ3) is 2.57. The van der Waals surface area contributed by atoms with Crippen LogP contribution in [-0.4, -0.2) is 30.0 Å². The fourth-order valence-corrected chi connectivity index (χ4v) is 4.04. The molecular formula is C16H9Cl2N3O4S. The zero-order valence-electron chi connectivity index (χ0n) is 13.1. The van der Waals surface area contributed by atoms with E-state index >= 15 is 0 Å². The summed E-state index contributed by atoms with van der Waals surface area (Å²) < 4.78 is 26.3. The molecule has 1 aromatic heterocycles. The quantitative estimate of drug-likeness (QED) is 0.548. The number of benzene rings is 2. The lowest BCUT2D eigenvalue weighted by Gasteiger charge is -2.08. The molecule has 26 heavy (non-hydrogen) atoms. The highest BCUT2D eigenvalue weighted by Crippen LogP contribution is 2.31. The number of aromatic nitrogens is 2. The summed E-state index contributed by atoms with van der Waals surface area (Å²) in [5.74, 6) is -0.570. The molecule has 1 aliphatic rings. The molecule has 0 radical (unpaired) electrons. The van der Waals surface area contributed by atoms with Crippen LogP contribution in [0.25, 0.3) is 16.6 Å². The van der Waals surface area contributed by atoms with Crippen molar-refractivity contribution in [2.45, 2.75) is 0 Å². The fourth-order valence-electron chi connectivity index (χ4n) is 2.92. The SMILES string of the molecule is CS(=O)(=O)Nc1ccc2c(c1)C(=O)c1nc3cc(Cl)cc(Cl)c3c(=O)n1-2. The monoisotopic (exact) mass is 409 g/mol. The smallest absolute Gasteiger partial charge is 0.267 e. The van der Waals surface area contributed by atoms with Gasteiger partial charge in [-0.15, -0.1) is 0 Å². The Labute approximate surface area is 157 Å². The number of nitrogens with one attached hydrogen (secondary N) is 1. The lowest BCUT2D eigenvalue weighted by Crippen LogP contribution is -2.21. The van der Waals surface area contributed by atoms with Crippen LogP contribution in [0.15, 0.2) is 35.1 Å². The molecule has 1 N–H and O–H groups in total. The molecule has 0 unspecified atom stereocenters. The normalized spacial score (nSPS) is 13.0. The second kappa shape index (κ2) is 5.54. The van der Waals surface area contributed by atoms with E-state index in [0.717, 1.165) is 6.26 Å². The number of sulfonamides is 1. The Kier molecular flexibility index (Phi) is 3.62. The molecule has 1 aliphatic heterocycles. The first kappa shape index (κ1) is 17.0. The van der Waals surface area contributed by atoms with E-state index in [-0.39, 0.29) is 33.0 Å². The highest BCUT2D eigenvalue weighted by molar-refractivity contribution is 7.92. The highest BCUT2D eigenvalue weighted by atomic mass is 35.5. The predicted octanol–water partition coefficient (Wildman–Crippen LogP) is 2.61. The molecule has 2 heterocycles. The third-order valence-electron chi connectivity index (χ3n) is 3.88. The van der Waals surface area contributed by atoms with Crippen LogP contribution in [-0.2, 0) is 10.0 Å². The topological polar surface area (TPSA) is 98.1 Å². The molecule has 7 nitrogen and oxygen atoms in total. The Balaban J connectivity index is 2.01. The molecule has 0 saturated heterocycles. The second-order valence-electron chi connectivity index (χ2n) is 5.79. The van der Waals surface area contributed by atoms with Crippen LogP contribution in [0, 0.1) is 0 Å². The maximum Gasteiger partial charge on any atom is 0.267 e. The van der Waals surface area contributed by atoms with Crippen molar-refractivity contribution in [1.29, 1.82) is 0 Å².